The van der Waals surface area contributed by atoms with Crippen LogP contribution in [-0.4, -0.2) is 56.6 Å². The lowest BCUT2D eigenvalue weighted by atomic mass is 9.80. The molecule has 1 atom stereocenters. The molecule has 1 aromatic heterocycles. The van der Waals surface area contributed by atoms with Gasteiger partial charge < -0.3 is 25.8 Å². The van der Waals surface area contributed by atoms with Gasteiger partial charge in [0.15, 0.2) is 0 Å². The predicted molar refractivity (Wildman–Crippen MR) is 149 cm³/mol. The van der Waals surface area contributed by atoms with Crippen molar-refractivity contribution in [3.8, 4) is 11.1 Å². The van der Waals surface area contributed by atoms with E-state index in [1.165, 1.54) is 0 Å². The maximum absolute atomic E-state index is 13.5. The van der Waals surface area contributed by atoms with E-state index in [4.69, 9.17) is 15.2 Å². The second-order valence-corrected chi connectivity index (χ2v) is 12.3. The molecule has 1 unspecified atom stereocenters. The molecule has 0 bridgehead atoms. The van der Waals surface area contributed by atoms with Gasteiger partial charge in [-0.2, -0.15) is 9.78 Å². The van der Waals surface area contributed by atoms with Gasteiger partial charge in [0.25, 0.3) is 0 Å². The topological polar surface area (TPSA) is 155 Å². The molecule has 1 heterocycles. The minimum Gasteiger partial charge on any atom is -0.444 e. The van der Waals surface area contributed by atoms with Crippen LogP contribution in [0, 0.1) is 0 Å². The number of amides is 3. The van der Waals surface area contributed by atoms with Crippen LogP contribution in [0.5, 0.6) is 0 Å². The van der Waals surface area contributed by atoms with E-state index in [9.17, 15) is 19.2 Å². The van der Waals surface area contributed by atoms with Gasteiger partial charge in [-0.3, -0.25) is 9.59 Å². The molecule has 1 aliphatic rings. The van der Waals surface area contributed by atoms with Crippen LogP contribution in [0.15, 0.2) is 36.7 Å². The molecule has 4 N–H and O–H groups in total. The fraction of sp³-hybridized carbons (Fsp3) is 0.552. The van der Waals surface area contributed by atoms with Gasteiger partial charge in [0.1, 0.15) is 22.8 Å². The molecular formula is C29H41N5O6. The summed E-state index contributed by atoms with van der Waals surface area (Å²) < 4.78 is 11.9. The third kappa shape index (κ3) is 8.56. The van der Waals surface area contributed by atoms with Crippen molar-refractivity contribution in [2.24, 2.45) is 5.73 Å². The smallest absolute Gasteiger partial charge is 0.435 e. The number of hydrogen-bond acceptors (Lipinski definition) is 7. The van der Waals surface area contributed by atoms with Crippen LogP contribution in [0.25, 0.3) is 11.1 Å². The first-order valence-electron chi connectivity index (χ1n) is 13.6. The molecule has 0 radical (unpaired) electrons. The number of aromatic nitrogens is 2. The summed E-state index contributed by atoms with van der Waals surface area (Å²) in [6.07, 6.45) is 5.41. The molecule has 1 aliphatic carbocycles. The maximum Gasteiger partial charge on any atom is 0.435 e. The molecule has 1 saturated carbocycles. The average molecular weight is 556 g/mol. The van der Waals surface area contributed by atoms with Crippen molar-refractivity contribution in [3.63, 3.8) is 0 Å². The second kappa shape index (κ2) is 12.1. The van der Waals surface area contributed by atoms with E-state index in [1.54, 1.807) is 53.9 Å². The number of rotatable bonds is 7. The zero-order chi connectivity index (χ0) is 29.7. The van der Waals surface area contributed by atoms with E-state index < -0.39 is 46.8 Å². The average Bonchev–Trinajstić information content (AvgIpc) is 3.33. The molecule has 40 heavy (non-hydrogen) atoms. The summed E-state index contributed by atoms with van der Waals surface area (Å²) in [4.78, 5) is 50.6. The fourth-order valence-corrected chi connectivity index (χ4v) is 4.53. The lowest BCUT2D eigenvalue weighted by Gasteiger charge is -2.37. The first-order valence-corrected chi connectivity index (χ1v) is 13.6. The highest BCUT2D eigenvalue weighted by molar-refractivity contribution is 5.94. The fourth-order valence-electron chi connectivity index (χ4n) is 4.53. The first-order chi connectivity index (χ1) is 18.6. The van der Waals surface area contributed by atoms with Crippen LogP contribution >= 0.6 is 0 Å². The van der Waals surface area contributed by atoms with Crippen LogP contribution in [-0.2, 0) is 25.5 Å². The van der Waals surface area contributed by atoms with E-state index in [0.29, 0.717) is 18.4 Å². The Labute approximate surface area is 235 Å². The van der Waals surface area contributed by atoms with Gasteiger partial charge in [-0.15, -0.1) is 0 Å². The Morgan fingerprint density at radius 1 is 0.950 bits per heavy atom. The van der Waals surface area contributed by atoms with E-state index in [2.05, 4.69) is 15.7 Å². The van der Waals surface area contributed by atoms with Crippen molar-refractivity contribution in [2.45, 2.75) is 103 Å². The lowest BCUT2D eigenvalue weighted by Crippen LogP contribution is -2.63. The van der Waals surface area contributed by atoms with Gasteiger partial charge in [0, 0.05) is 18.2 Å². The molecule has 0 saturated heterocycles. The monoisotopic (exact) mass is 555 g/mol. The predicted octanol–water partition coefficient (Wildman–Crippen LogP) is 4.07. The minimum atomic E-state index is -1.17. The molecule has 1 aromatic carbocycles. The number of alkyl carbamates (subject to hydrolysis) is 1. The Hall–Kier alpha value is -3.89. The van der Waals surface area contributed by atoms with E-state index in [0.717, 1.165) is 35.1 Å². The Morgan fingerprint density at radius 3 is 2.10 bits per heavy atom. The molecule has 1 fully saturated rings. The second-order valence-electron chi connectivity index (χ2n) is 12.3. The Balaban J connectivity index is 1.70. The summed E-state index contributed by atoms with van der Waals surface area (Å²) in [6, 6.07) is 6.32. The van der Waals surface area contributed by atoms with Gasteiger partial charge >= 0.3 is 12.2 Å². The normalized spacial score (nSPS) is 15.9. The quantitative estimate of drug-likeness (QED) is 0.465. The molecule has 11 nitrogen and oxygen atoms in total. The minimum absolute atomic E-state index is 0.168. The van der Waals surface area contributed by atoms with Crippen molar-refractivity contribution in [3.05, 3.63) is 42.2 Å². The van der Waals surface area contributed by atoms with Crippen molar-refractivity contribution < 1.29 is 28.7 Å². The van der Waals surface area contributed by atoms with Crippen LogP contribution in [0.2, 0.25) is 0 Å². The lowest BCUT2D eigenvalue weighted by molar-refractivity contribution is -0.133. The Morgan fingerprint density at radius 2 is 1.55 bits per heavy atom. The molecule has 0 spiro atoms. The van der Waals surface area contributed by atoms with Gasteiger partial charge in [-0.05, 0) is 65.5 Å². The first kappa shape index (κ1) is 30.6. The number of nitrogens with one attached hydrogen (secondary N) is 2. The SMILES string of the molecule is CC(C)(C)OC(=O)NC1(C(=O)NC(Cc2ccc(-c3cnn(C(=O)OC(C)(C)C)c3)cc2)C(N)=O)CCCCC1. The molecule has 2 aromatic rings. The number of ether oxygens (including phenoxy) is 2. The standard InChI is InChI=1S/C29H41N5O6/c1-27(2,3)39-25(37)33-29(14-8-7-9-15-29)24(36)32-22(23(30)35)16-19-10-12-20(13-11-19)21-17-31-34(18-21)26(38)40-28(4,5)6/h10-13,17-18,22H,7-9,14-16H2,1-6H3,(H2,30,35)(H,32,36)(H,33,37). The van der Waals surface area contributed by atoms with E-state index in [-0.39, 0.29) is 6.42 Å². The van der Waals surface area contributed by atoms with E-state index >= 15 is 0 Å². The zero-order valence-corrected chi connectivity index (χ0v) is 24.2. The zero-order valence-electron chi connectivity index (χ0n) is 24.2. The number of hydrogen-bond donors (Lipinski definition) is 3. The summed E-state index contributed by atoms with van der Waals surface area (Å²) in [5.74, 6) is -1.13. The third-order valence-electron chi connectivity index (χ3n) is 6.42. The van der Waals surface area contributed by atoms with Crippen molar-refractivity contribution >= 4 is 24.0 Å². The van der Waals surface area contributed by atoms with Gasteiger partial charge in [-0.1, -0.05) is 43.5 Å². The highest BCUT2D eigenvalue weighted by atomic mass is 16.6. The number of carbonyl (C=O) groups excluding carboxylic acids is 4. The Kier molecular flexibility index (Phi) is 9.27. The van der Waals surface area contributed by atoms with Gasteiger partial charge in [-0.25, -0.2) is 9.59 Å². The highest BCUT2D eigenvalue weighted by Gasteiger charge is 2.43. The number of nitrogens with two attached hydrogens (primary N) is 1. The van der Waals surface area contributed by atoms with Crippen LogP contribution in [0.4, 0.5) is 9.59 Å². The third-order valence-corrected chi connectivity index (χ3v) is 6.42. The number of primary amides is 1. The number of benzene rings is 1. The summed E-state index contributed by atoms with van der Waals surface area (Å²) in [5.41, 5.74) is 5.42. The molecular weight excluding hydrogens is 514 g/mol. The van der Waals surface area contributed by atoms with Gasteiger partial charge in [0.2, 0.25) is 11.8 Å². The molecule has 11 heteroatoms. The van der Waals surface area contributed by atoms with Crippen molar-refractivity contribution in [2.75, 3.05) is 0 Å². The van der Waals surface area contributed by atoms with Crippen LogP contribution < -0.4 is 16.4 Å². The molecule has 218 valence electrons. The number of carbonyl (C=O) groups is 4. The largest absolute Gasteiger partial charge is 0.444 e. The van der Waals surface area contributed by atoms with E-state index in [1.807, 2.05) is 24.3 Å². The maximum atomic E-state index is 13.5. The summed E-state index contributed by atoms with van der Waals surface area (Å²) in [7, 11) is 0. The molecule has 3 rings (SSSR count). The van der Waals surface area contributed by atoms with Crippen LogP contribution in [0.1, 0.15) is 79.2 Å². The molecule has 3 amide bonds. The Bertz CT molecular complexity index is 1220. The molecule has 0 aliphatic heterocycles. The van der Waals surface area contributed by atoms with Gasteiger partial charge in [0.05, 0.1) is 6.20 Å². The highest BCUT2D eigenvalue weighted by Crippen LogP contribution is 2.29. The summed E-state index contributed by atoms with van der Waals surface area (Å²) in [6.45, 7) is 10.6. The van der Waals surface area contributed by atoms with Crippen LogP contribution in [0.3, 0.4) is 0 Å². The summed E-state index contributed by atoms with van der Waals surface area (Å²) >= 11 is 0. The van der Waals surface area contributed by atoms with Crippen molar-refractivity contribution in [1.82, 2.24) is 20.4 Å². The number of nitrogens with zero attached hydrogens (tertiary/aromatic N) is 2. The summed E-state index contributed by atoms with van der Waals surface area (Å²) in [5, 5.41) is 9.64. The van der Waals surface area contributed by atoms with Crippen molar-refractivity contribution in [1.29, 1.82) is 0 Å².